The fourth-order valence-corrected chi connectivity index (χ4v) is 3.77. The molecule has 2 N–H and O–H groups in total. The highest BCUT2D eigenvalue weighted by molar-refractivity contribution is 5.43. The lowest BCUT2D eigenvalue weighted by molar-refractivity contribution is 0.0705. The van der Waals surface area contributed by atoms with Gasteiger partial charge >= 0.3 is 0 Å². The van der Waals surface area contributed by atoms with Gasteiger partial charge in [-0.05, 0) is 56.1 Å². The second-order valence-electron chi connectivity index (χ2n) is 7.57. The Morgan fingerprint density at radius 2 is 1.89 bits per heavy atom. The van der Waals surface area contributed by atoms with E-state index in [2.05, 4.69) is 30.1 Å². The summed E-state index contributed by atoms with van der Waals surface area (Å²) in [5, 5.41) is 13.8. The fourth-order valence-electron chi connectivity index (χ4n) is 3.77. The van der Waals surface area contributed by atoms with Crippen molar-refractivity contribution in [2.45, 2.75) is 58.6 Å². The van der Waals surface area contributed by atoms with Gasteiger partial charge < -0.3 is 24.8 Å². The first-order chi connectivity index (χ1) is 13.2. The van der Waals surface area contributed by atoms with Crippen LogP contribution in [0.25, 0.3) is 0 Å². The third-order valence-corrected chi connectivity index (χ3v) is 5.51. The zero-order valence-electron chi connectivity index (χ0n) is 17.4. The number of hydrogen-bond donors (Lipinski definition) is 2. The monoisotopic (exact) mass is 378 g/mol. The summed E-state index contributed by atoms with van der Waals surface area (Å²) >= 11 is 0. The lowest BCUT2D eigenvalue weighted by atomic mass is 9.89. The Bertz CT molecular complexity index is 528. The van der Waals surface area contributed by atoms with Crippen LogP contribution in [0.2, 0.25) is 0 Å². The Hall–Kier alpha value is -1.30. The van der Waals surface area contributed by atoms with Crippen molar-refractivity contribution in [3.63, 3.8) is 0 Å². The zero-order chi connectivity index (χ0) is 19.5. The number of aliphatic hydroxyl groups is 1. The molecule has 0 saturated heterocycles. The highest BCUT2D eigenvalue weighted by Gasteiger charge is 2.14. The maximum absolute atomic E-state index is 10.2. The van der Waals surface area contributed by atoms with E-state index < -0.39 is 6.10 Å². The molecular formula is C22H38N2O3. The van der Waals surface area contributed by atoms with Crippen molar-refractivity contribution in [1.82, 2.24) is 10.2 Å². The van der Waals surface area contributed by atoms with Crippen LogP contribution in [0.1, 0.15) is 51.5 Å². The number of aliphatic hydroxyl groups excluding tert-OH is 1. The molecule has 0 amide bonds. The Balaban J connectivity index is 1.80. The lowest BCUT2D eigenvalue weighted by Gasteiger charge is -2.22. The van der Waals surface area contributed by atoms with Crippen molar-refractivity contribution in [3.8, 4) is 11.5 Å². The summed E-state index contributed by atoms with van der Waals surface area (Å²) in [5.41, 5.74) is 1.19. The summed E-state index contributed by atoms with van der Waals surface area (Å²) in [4.78, 5) is 2.19. The van der Waals surface area contributed by atoms with Crippen molar-refractivity contribution >= 4 is 0 Å². The summed E-state index contributed by atoms with van der Waals surface area (Å²) in [6.45, 7) is 8.89. The number of nitrogens with one attached hydrogen (secondary N) is 1. The van der Waals surface area contributed by atoms with Gasteiger partial charge in [-0.3, -0.25) is 0 Å². The molecule has 1 aliphatic carbocycles. The van der Waals surface area contributed by atoms with E-state index in [1.807, 2.05) is 12.1 Å². The lowest BCUT2D eigenvalue weighted by Crippen LogP contribution is -2.35. The van der Waals surface area contributed by atoms with Gasteiger partial charge in [0.15, 0.2) is 11.5 Å². The highest BCUT2D eigenvalue weighted by atomic mass is 16.5. The van der Waals surface area contributed by atoms with Gasteiger partial charge in [0.1, 0.15) is 12.7 Å². The SMILES string of the molecule is CCN(CC)C[C@@H](O)COc1ccc(CNCC2CCCCC2)cc1OC. The van der Waals surface area contributed by atoms with Crippen molar-refractivity contribution in [2.24, 2.45) is 5.92 Å². The van der Waals surface area contributed by atoms with Crippen LogP contribution in [0.3, 0.4) is 0 Å². The summed E-state index contributed by atoms with van der Waals surface area (Å²) in [6, 6.07) is 6.04. The fraction of sp³-hybridized carbons (Fsp3) is 0.727. The highest BCUT2D eigenvalue weighted by Crippen LogP contribution is 2.28. The van der Waals surface area contributed by atoms with Crippen LogP contribution < -0.4 is 14.8 Å². The van der Waals surface area contributed by atoms with E-state index in [-0.39, 0.29) is 6.61 Å². The molecule has 0 spiro atoms. The molecule has 1 atom stereocenters. The predicted molar refractivity (Wildman–Crippen MR) is 111 cm³/mol. The molecule has 0 aliphatic heterocycles. The number of nitrogens with zero attached hydrogens (tertiary/aromatic N) is 1. The Morgan fingerprint density at radius 1 is 1.15 bits per heavy atom. The molecule has 0 aromatic heterocycles. The summed E-state index contributed by atoms with van der Waals surface area (Å²) < 4.78 is 11.3. The third-order valence-electron chi connectivity index (χ3n) is 5.51. The molecule has 2 rings (SSSR count). The number of rotatable bonds is 12. The molecule has 0 bridgehead atoms. The van der Waals surface area contributed by atoms with Crippen LogP contribution in [0, 0.1) is 5.92 Å². The van der Waals surface area contributed by atoms with Gasteiger partial charge in [0.2, 0.25) is 0 Å². The van der Waals surface area contributed by atoms with Gasteiger partial charge in [-0.1, -0.05) is 39.2 Å². The van der Waals surface area contributed by atoms with Crippen LogP contribution in [0.5, 0.6) is 11.5 Å². The molecule has 1 aromatic carbocycles. The van der Waals surface area contributed by atoms with Gasteiger partial charge in [-0.2, -0.15) is 0 Å². The molecule has 154 valence electrons. The van der Waals surface area contributed by atoms with E-state index in [0.29, 0.717) is 12.3 Å². The van der Waals surface area contributed by atoms with E-state index in [1.54, 1.807) is 7.11 Å². The second kappa shape index (κ2) is 12.2. The molecule has 0 unspecified atom stereocenters. The van der Waals surface area contributed by atoms with E-state index in [4.69, 9.17) is 9.47 Å². The van der Waals surface area contributed by atoms with E-state index in [1.165, 1.54) is 37.7 Å². The van der Waals surface area contributed by atoms with Crippen molar-refractivity contribution < 1.29 is 14.6 Å². The largest absolute Gasteiger partial charge is 0.493 e. The van der Waals surface area contributed by atoms with Gasteiger partial charge in [0.05, 0.1) is 7.11 Å². The number of benzene rings is 1. The maximum Gasteiger partial charge on any atom is 0.161 e. The molecule has 1 aliphatic rings. The Morgan fingerprint density at radius 3 is 2.56 bits per heavy atom. The molecule has 0 heterocycles. The smallest absolute Gasteiger partial charge is 0.161 e. The summed E-state index contributed by atoms with van der Waals surface area (Å²) in [6.07, 6.45) is 6.38. The van der Waals surface area contributed by atoms with Crippen LogP contribution >= 0.6 is 0 Å². The van der Waals surface area contributed by atoms with E-state index in [0.717, 1.165) is 37.8 Å². The average Bonchev–Trinajstić information content (AvgIpc) is 2.71. The van der Waals surface area contributed by atoms with Crippen molar-refractivity contribution in [3.05, 3.63) is 23.8 Å². The van der Waals surface area contributed by atoms with Crippen LogP contribution in [-0.4, -0.2) is 56.0 Å². The second-order valence-corrected chi connectivity index (χ2v) is 7.57. The van der Waals surface area contributed by atoms with Crippen LogP contribution in [0.15, 0.2) is 18.2 Å². The minimum absolute atomic E-state index is 0.270. The van der Waals surface area contributed by atoms with Crippen LogP contribution in [0.4, 0.5) is 0 Å². The molecule has 1 aromatic rings. The van der Waals surface area contributed by atoms with E-state index in [9.17, 15) is 5.11 Å². The molecule has 0 radical (unpaired) electrons. The van der Waals surface area contributed by atoms with Gasteiger partial charge in [0, 0.05) is 13.1 Å². The summed E-state index contributed by atoms with van der Waals surface area (Å²) in [7, 11) is 1.66. The number of ether oxygens (including phenoxy) is 2. The zero-order valence-corrected chi connectivity index (χ0v) is 17.4. The third kappa shape index (κ3) is 7.68. The maximum atomic E-state index is 10.2. The molecule has 5 nitrogen and oxygen atoms in total. The minimum atomic E-state index is -0.508. The van der Waals surface area contributed by atoms with Crippen molar-refractivity contribution in [2.75, 3.05) is 39.9 Å². The van der Waals surface area contributed by atoms with E-state index >= 15 is 0 Å². The quantitative estimate of drug-likeness (QED) is 0.583. The van der Waals surface area contributed by atoms with Gasteiger partial charge in [0.25, 0.3) is 0 Å². The Labute approximate surface area is 165 Å². The molecule has 5 heteroatoms. The first-order valence-electron chi connectivity index (χ1n) is 10.6. The number of likely N-dealkylation sites (N-methyl/N-ethyl adjacent to an activating group) is 1. The Kier molecular flexibility index (Phi) is 9.95. The first-order valence-corrected chi connectivity index (χ1v) is 10.6. The number of methoxy groups -OCH3 is 1. The normalized spacial score (nSPS) is 16.5. The molecule has 27 heavy (non-hydrogen) atoms. The van der Waals surface area contributed by atoms with Gasteiger partial charge in [-0.15, -0.1) is 0 Å². The average molecular weight is 379 g/mol. The molecule has 1 saturated carbocycles. The number of hydrogen-bond acceptors (Lipinski definition) is 5. The standard InChI is InChI=1S/C22H38N2O3/c1-4-24(5-2)16-20(25)17-27-21-12-11-19(13-22(21)26-3)15-23-14-18-9-7-6-8-10-18/h11-13,18,20,23,25H,4-10,14-17H2,1-3H3/t20-/m1/s1. The minimum Gasteiger partial charge on any atom is -0.493 e. The van der Waals surface area contributed by atoms with Crippen molar-refractivity contribution in [1.29, 1.82) is 0 Å². The van der Waals surface area contributed by atoms with Gasteiger partial charge in [-0.25, -0.2) is 0 Å². The topological polar surface area (TPSA) is 54.0 Å². The summed E-state index contributed by atoms with van der Waals surface area (Å²) in [5.74, 6) is 2.24. The predicted octanol–water partition coefficient (Wildman–Crippen LogP) is 3.45. The molecule has 1 fully saturated rings. The van der Waals surface area contributed by atoms with Crippen LogP contribution in [-0.2, 0) is 6.54 Å². The first kappa shape index (κ1) is 22.0. The molecular weight excluding hydrogens is 340 g/mol.